The topological polar surface area (TPSA) is 25.8 Å². The summed E-state index contributed by atoms with van der Waals surface area (Å²) in [5, 5.41) is 1.21. The van der Waals surface area contributed by atoms with Crippen LogP contribution in [0.3, 0.4) is 0 Å². The lowest BCUT2D eigenvalue weighted by Crippen LogP contribution is -1.83. The second-order valence-corrected chi connectivity index (χ2v) is 4.18. The van der Waals surface area contributed by atoms with Crippen LogP contribution in [0.5, 0.6) is 0 Å². The largest absolute Gasteiger partial charge is 0.248 e. The van der Waals surface area contributed by atoms with Crippen LogP contribution in [0.15, 0.2) is 46.6 Å². The van der Waals surface area contributed by atoms with Crippen LogP contribution >= 0.6 is 23.4 Å². The Kier molecular flexibility index (Phi) is 3.18. The highest BCUT2D eigenvalue weighted by Gasteiger charge is 2.04. The first-order valence-corrected chi connectivity index (χ1v) is 5.35. The fourth-order valence-electron chi connectivity index (χ4n) is 1.01. The van der Waals surface area contributed by atoms with Crippen molar-refractivity contribution in [2.45, 2.75) is 9.92 Å². The molecule has 2 aromatic rings. The third-order valence-electron chi connectivity index (χ3n) is 1.64. The summed E-state index contributed by atoms with van der Waals surface area (Å²) < 4.78 is 12.8. The van der Waals surface area contributed by atoms with Gasteiger partial charge in [0.1, 0.15) is 5.03 Å². The highest BCUT2D eigenvalue weighted by Crippen LogP contribution is 2.30. The minimum atomic E-state index is -0.507. The zero-order valence-corrected chi connectivity index (χ0v) is 9.10. The zero-order chi connectivity index (χ0) is 10.7. The number of nitrogens with zero attached hydrogens (tertiary/aromatic N) is 2. The van der Waals surface area contributed by atoms with Gasteiger partial charge in [-0.25, -0.2) is 9.97 Å². The van der Waals surface area contributed by atoms with Gasteiger partial charge in [-0.2, -0.15) is 4.39 Å². The van der Waals surface area contributed by atoms with Gasteiger partial charge in [0.15, 0.2) is 0 Å². The van der Waals surface area contributed by atoms with E-state index in [0.29, 0.717) is 10.0 Å². The van der Waals surface area contributed by atoms with Gasteiger partial charge in [-0.3, -0.25) is 0 Å². The van der Waals surface area contributed by atoms with Crippen molar-refractivity contribution in [2.75, 3.05) is 0 Å². The number of hydrogen-bond acceptors (Lipinski definition) is 3. The number of aromatic nitrogens is 2. The second kappa shape index (κ2) is 4.59. The summed E-state index contributed by atoms with van der Waals surface area (Å²) >= 11 is 7.23. The van der Waals surface area contributed by atoms with Crippen LogP contribution in [-0.4, -0.2) is 9.97 Å². The van der Waals surface area contributed by atoms with Crippen LogP contribution in [0.2, 0.25) is 5.02 Å². The molecule has 0 unspecified atom stereocenters. The van der Waals surface area contributed by atoms with E-state index < -0.39 is 5.95 Å². The van der Waals surface area contributed by atoms with Crippen molar-refractivity contribution in [3.8, 4) is 0 Å². The quantitative estimate of drug-likeness (QED) is 0.753. The van der Waals surface area contributed by atoms with E-state index >= 15 is 0 Å². The van der Waals surface area contributed by atoms with Crippen molar-refractivity contribution in [3.63, 3.8) is 0 Å². The van der Waals surface area contributed by atoms with Gasteiger partial charge < -0.3 is 0 Å². The van der Waals surface area contributed by atoms with Gasteiger partial charge in [-0.1, -0.05) is 23.4 Å². The average Bonchev–Trinajstić information content (AvgIpc) is 2.22. The molecule has 2 heterocycles. The van der Waals surface area contributed by atoms with E-state index in [0.717, 1.165) is 4.90 Å². The van der Waals surface area contributed by atoms with E-state index in [9.17, 15) is 4.39 Å². The maximum Gasteiger partial charge on any atom is 0.213 e. The Hall–Kier alpha value is -1.13. The van der Waals surface area contributed by atoms with Gasteiger partial charge >= 0.3 is 0 Å². The van der Waals surface area contributed by atoms with Gasteiger partial charge in [-0.15, -0.1) is 0 Å². The van der Waals surface area contributed by atoms with E-state index in [-0.39, 0.29) is 0 Å². The number of hydrogen-bond donors (Lipinski definition) is 0. The normalized spacial score (nSPS) is 10.3. The molecule has 0 aromatic carbocycles. The Morgan fingerprint density at radius 3 is 2.80 bits per heavy atom. The molecular formula is C10H6ClFN2S. The van der Waals surface area contributed by atoms with Crippen molar-refractivity contribution in [3.05, 3.63) is 47.6 Å². The molecule has 2 aromatic heterocycles. The van der Waals surface area contributed by atoms with Gasteiger partial charge in [0.2, 0.25) is 5.95 Å². The molecule has 0 N–H and O–H groups in total. The molecule has 0 amide bonds. The van der Waals surface area contributed by atoms with Crippen molar-refractivity contribution >= 4 is 23.4 Å². The van der Waals surface area contributed by atoms with Crippen LogP contribution in [0.4, 0.5) is 4.39 Å². The first kappa shape index (κ1) is 10.4. The molecule has 0 fully saturated rings. The van der Waals surface area contributed by atoms with Crippen LogP contribution in [0.25, 0.3) is 0 Å². The molecule has 0 spiro atoms. The van der Waals surface area contributed by atoms with Crippen molar-refractivity contribution in [1.82, 2.24) is 9.97 Å². The highest BCUT2D eigenvalue weighted by molar-refractivity contribution is 7.99. The SMILES string of the molecule is Fc1cc(Sc2ncccc2Cl)ccn1. The minimum Gasteiger partial charge on any atom is -0.248 e. The molecular weight excluding hydrogens is 235 g/mol. The van der Waals surface area contributed by atoms with Gasteiger partial charge in [-0.05, 0) is 18.2 Å². The van der Waals surface area contributed by atoms with Gasteiger partial charge in [0.05, 0.1) is 5.02 Å². The molecule has 0 atom stereocenters. The molecule has 5 heteroatoms. The first-order valence-electron chi connectivity index (χ1n) is 4.15. The van der Waals surface area contributed by atoms with Crippen molar-refractivity contribution in [2.24, 2.45) is 0 Å². The number of rotatable bonds is 2. The Morgan fingerprint density at radius 2 is 2.07 bits per heavy atom. The second-order valence-electron chi connectivity index (χ2n) is 2.71. The van der Waals surface area contributed by atoms with Crippen LogP contribution in [0, 0.1) is 5.95 Å². The Balaban J connectivity index is 2.26. The maximum absolute atomic E-state index is 12.8. The lowest BCUT2D eigenvalue weighted by molar-refractivity contribution is 0.579. The fraction of sp³-hybridized carbons (Fsp3) is 0. The molecule has 0 aliphatic rings. The summed E-state index contributed by atoms with van der Waals surface area (Å²) in [6.45, 7) is 0. The molecule has 2 rings (SSSR count). The Morgan fingerprint density at radius 1 is 1.20 bits per heavy atom. The summed E-state index contributed by atoms with van der Waals surface area (Å²) in [4.78, 5) is 8.29. The molecule has 0 radical (unpaired) electrons. The van der Waals surface area contributed by atoms with Crippen molar-refractivity contribution in [1.29, 1.82) is 0 Å². The molecule has 15 heavy (non-hydrogen) atoms. The average molecular weight is 241 g/mol. The first-order chi connectivity index (χ1) is 7.25. The Bertz CT molecular complexity index is 478. The zero-order valence-electron chi connectivity index (χ0n) is 7.52. The van der Waals surface area contributed by atoms with Crippen LogP contribution in [-0.2, 0) is 0 Å². The van der Waals surface area contributed by atoms with E-state index in [1.165, 1.54) is 24.0 Å². The lowest BCUT2D eigenvalue weighted by Gasteiger charge is -2.01. The molecule has 0 saturated heterocycles. The van der Waals surface area contributed by atoms with Crippen molar-refractivity contribution < 1.29 is 4.39 Å². The van der Waals surface area contributed by atoms with E-state index in [2.05, 4.69) is 9.97 Å². The van der Waals surface area contributed by atoms with E-state index in [1.54, 1.807) is 24.4 Å². The Labute approximate surface area is 95.5 Å². The standard InChI is InChI=1S/C10H6ClFN2S/c11-8-2-1-4-14-10(8)15-7-3-5-13-9(12)6-7/h1-6H. The van der Waals surface area contributed by atoms with E-state index in [1.807, 2.05) is 0 Å². The van der Waals surface area contributed by atoms with Crippen LogP contribution < -0.4 is 0 Å². The summed E-state index contributed by atoms with van der Waals surface area (Å²) in [6, 6.07) is 6.54. The van der Waals surface area contributed by atoms with Gasteiger partial charge in [0.25, 0.3) is 0 Å². The minimum absolute atomic E-state index is 0.507. The van der Waals surface area contributed by atoms with Gasteiger partial charge in [0, 0.05) is 23.4 Å². The molecule has 0 saturated carbocycles. The summed E-state index contributed by atoms with van der Waals surface area (Å²) in [6.07, 6.45) is 3.06. The molecule has 0 aliphatic carbocycles. The molecule has 0 aliphatic heterocycles. The van der Waals surface area contributed by atoms with E-state index in [4.69, 9.17) is 11.6 Å². The number of halogens is 2. The predicted molar refractivity (Wildman–Crippen MR) is 57.6 cm³/mol. The lowest BCUT2D eigenvalue weighted by atomic mass is 10.5. The predicted octanol–water partition coefficient (Wildman–Crippen LogP) is 3.42. The summed E-state index contributed by atoms with van der Waals surface area (Å²) in [5.74, 6) is -0.507. The molecule has 76 valence electrons. The monoisotopic (exact) mass is 240 g/mol. The smallest absolute Gasteiger partial charge is 0.213 e. The molecule has 2 nitrogen and oxygen atoms in total. The third kappa shape index (κ3) is 2.67. The number of pyridine rings is 2. The third-order valence-corrected chi connectivity index (χ3v) is 3.06. The highest BCUT2D eigenvalue weighted by atomic mass is 35.5. The summed E-state index contributed by atoms with van der Waals surface area (Å²) in [7, 11) is 0. The fourth-order valence-corrected chi connectivity index (χ4v) is 2.03. The molecule has 0 bridgehead atoms. The summed E-state index contributed by atoms with van der Waals surface area (Å²) in [5.41, 5.74) is 0. The van der Waals surface area contributed by atoms with Crippen LogP contribution in [0.1, 0.15) is 0 Å². The maximum atomic E-state index is 12.8.